The molecule has 0 saturated carbocycles. The van der Waals surface area contributed by atoms with Gasteiger partial charge >= 0.3 is 5.97 Å². The molecule has 0 bridgehead atoms. The van der Waals surface area contributed by atoms with Gasteiger partial charge in [0.2, 0.25) is 5.91 Å². The first-order valence-corrected chi connectivity index (χ1v) is 13.1. The predicted molar refractivity (Wildman–Crippen MR) is 144 cm³/mol. The number of fused-ring (bicyclic) bond motifs is 2. The first-order chi connectivity index (χ1) is 17.6. The third kappa shape index (κ3) is 4.07. The van der Waals surface area contributed by atoms with E-state index in [4.69, 9.17) is 14.5 Å². The Morgan fingerprint density at radius 2 is 1.78 bits per heavy atom. The van der Waals surface area contributed by atoms with Crippen molar-refractivity contribution in [3.8, 4) is 5.75 Å². The van der Waals surface area contributed by atoms with Crippen LogP contribution in [0.3, 0.4) is 0 Å². The summed E-state index contributed by atoms with van der Waals surface area (Å²) in [6.45, 7) is 4.05. The molecular formula is C29H28N2O4S. The molecule has 36 heavy (non-hydrogen) atoms. The molecule has 2 atom stereocenters. The minimum atomic E-state index is -0.741. The SMILES string of the molecule is CCC[C@H]1SC2=NC(c3ccccc3)=C(C(=O)OCC)[C@H](c3c(OC)ccc4ccccc34)N2C1=O. The fourth-order valence-corrected chi connectivity index (χ4v) is 6.18. The van der Waals surface area contributed by atoms with Gasteiger partial charge in [-0.15, -0.1) is 0 Å². The number of thioether (sulfide) groups is 1. The molecular weight excluding hydrogens is 472 g/mol. The van der Waals surface area contributed by atoms with Crippen LogP contribution in [-0.2, 0) is 14.3 Å². The Morgan fingerprint density at radius 1 is 1.03 bits per heavy atom. The summed E-state index contributed by atoms with van der Waals surface area (Å²) in [6.07, 6.45) is 1.60. The summed E-state index contributed by atoms with van der Waals surface area (Å²) in [4.78, 5) is 34.1. The number of carbonyl (C=O) groups excluding carboxylic acids is 2. The van der Waals surface area contributed by atoms with Crippen molar-refractivity contribution in [1.29, 1.82) is 0 Å². The third-order valence-corrected chi connectivity index (χ3v) is 7.70. The van der Waals surface area contributed by atoms with E-state index in [1.54, 1.807) is 18.9 Å². The average Bonchev–Trinajstić information content (AvgIpc) is 3.22. The van der Waals surface area contributed by atoms with Gasteiger partial charge in [0.15, 0.2) is 5.17 Å². The third-order valence-electron chi connectivity index (χ3n) is 6.48. The zero-order valence-electron chi connectivity index (χ0n) is 20.6. The minimum Gasteiger partial charge on any atom is -0.496 e. The molecule has 0 aliphatic carbocycles. The molecule has 7 heteroatoms. The first kappa shape index (κ1) is 24.1. The van der Waals surface area contributed by atoms with Gasteiger partial charge in [0.25, 0.3) is 0 Å². The maximum Gasteiger partial charge on any atom is 0.338 e. The predicted octanol–water partition coefficient (Wildman–Crippen LogP) is 5.98. The van der Waals surface area contributed by atoms with Gasteiger partial charge < -0.3 is 9.47 Å². The Morgan fingerprint density at radius 3 is 2.50 bits per heavy atom. The van der Waals surface area contributed by atoms with E-state index in [0.717, 1.165) is 34.7 Å². The molecule has 1 fully saturated rings. The molecule has 0 N–H and O–H groups in total. The summed E-state index contributed by atoms with van der Waals surface area (Å²) < 4.78 is 11.4. The number of benzene rings is 3. The molecule has 2 aliphatic heterocycles. The number of methoxy groups -OCH3 is 1. The maximum atomic E-state index is 13.8. The highest BCUT2D eigenvalue weighted by Crippen LogP contribution is 2.50. The molecule has 0 spiro atoms. The fraction of sp³-hybridized carbons (Fsp3) is 0.276. The summed E-state index contributed by atoms with van der Waals surface area (Å²) in [5.74, 6) is 0.0660. The molecule has 0 aromatic heterocycles. The van der Waals surface area contributed by atoms with Crippen molar-refractivity contribution < 1.29 is 19.1 Å². The van der Waals surface area contributed by atoms with Crippen molar-refractivity contribution in [2.45, 2.75) is 38.0 Å². The Bertz CT molecular complexity index is 1380. The molecule has 3 aromatic carbocycles. The van der Waals surface area contributed by atoms with Gasteiger partial charge in [-0.2, -0.15) is 0 Å². The smallest absolute Gasteiger partial charge is 0.338 e. The van der Waals surface area contributed by atoms with Gasteiger partial charge in [0.1, 0.15) is 11.8 Å². The quantitative estimate of drug-likeness (QED) is 0.374. The van der Waals surface area contributed by atoms with Crippen LogP contribution in [0.5, 0.6) is 5.75 Å². The lowest BCUT2D eigenvalue weighted by Crippen LogP contribution is -2.41. The molecule has 184 valence electrons. The van der Waals surface area contributed by atoms with Crippen molar-refractivity contribution in [2.75, 3.05) is 13.7 Å². The van der Waals surface area contributed by atoms with E-state index >= 15 is 0 Å². The number of esters is 1. The van der Waals surface area contributed by atoms with Crippen LogP contribution in [0.1, 0.15) is 43.9 Å². The number of hydrogen-bond donors (Lipinski definition) is 0. The second-order valence-corrected chi connectivity index (χ2v) is 9.82. The topological polar surface area (TPSA) is 68.2 Å². The number of hydrogen-bond acceptors (Lipinski definition) is 6. The van der Waals surface area contributed by atoms with Gasteiger partial charge in [0.05, 0.1) is 30.2 Å². The molecule has 0 unspecified atom stereocenters. The van der Waals surface area contributed by atoms with E-state index in [9.17, 15) is 9.59 Å². The van der Waals surface area contributed by atoms with Gasteiger partial charge in [-0.1, -0.05) is 85.8 Å². The summed E-state index contributed by atoms with van der Waals surface area (Å²) >= 11 is 1.47. The van der Waals surface area contributed by atoms with Gasteiger partial charge in [-0.3, -0.25) is 9.69 Å². The Balaban J connectivity index is 1.85. The zero-order valence-corrected chi connectivity index (χ0v) is 21.4. The molecule has 0 radical (unpaired) electrons. The largest absolute Gasteiger partial charge is 0.496 e. The number of amidine groups is 1. The van der Waals surface area contributed by atoms with Crippen LogP contribution >= 0.6 is 11.8 Å². The van der Waals surface area contributed by atoms with Crippen LogP contribution in [-0.4, -0.2) is 40.9 Å². The van der Waals surface area contributed by atoms with Gasteiger partial charge in [-0.05, 0) is 30.2 Å². The van der Waals surface area contributed by atoms with Crippen molar-refractivity contribution in [1.82, 2.24) is 4.90 Å². The van der Waals surface area contributed by atoms with E-state index in [1.807, 2.05) is 66.7 Å². The van der Waals surface area contributed by atoms with E-state index in [1.165, 1.54) is 11.8 Å². The average molecular weight is 501 g/mol. The Hall–Kier alpha value is -3.58. The number of rotatable bonds is 7. The van der Waals surface area contributed by atoms with Crippen molar-refractivity contribution in [3.05, 3.63) is 83.4 Å². The first-order valence-electron chi connectivity index (χ1n) is 12.2. The Kier molecular flexibility index (Phi) is 6.83. The number of carbonyl (C=O) groups is 2. The highest BCUT2D eigenvalue weighted by molar-refractivity contribution is 8.15. The number of nitrogens with zero attached hydrogens (tertiary/aromatic N) is 2. The number of aliphatic imine (C=N–C) groups is 1. The lowest BCUT2D eigenvalue weighted by Gasteiger charge is -2.35. The highest BCUT2D eigenvalue weighted by atomic mass is 32.2. The second kappa shape index (κ2) is 10.2. The van der Waals surface area contributed by atoms with E-state index in [-0.39, 0.29) is 17.8 Å². The van der Waals surface area contributed by atoms with Crippen LogP contribution in [0.4, 0.5) is 0 Å². The lowest BCUT2D eigenvalue weighted by molar-refractivity contribution is -0.139. The van der Waals surface area contributed by atoms with Gasteiger partial charge in [0, 0.05) is 11.1 Å². The summed E-state index contributed by atoms with van der Waals surface area (Å²) in [6, 6.07) is 20.7. The van der Waals surface area contributed by atoms with Crippen molar-refractivity contribution in [2.24, 2.45) is 4.99 Å². The zero-order chi connectivity index (χ0) is 25.2. The van der Waals surface area contributed by atoms with Crippen molar-refractivity contribution in [3.63, 3.8) is 0 Å². The summed E-state index contributed by atoms with van der Waals surface area (Å²) in [5.41, 5.74) is 2.42. The molecule has 5 rings (SSSR count). The van der Waals surface area contributed by atoms with E-state index in [0.29, 0.717) is 22.2 Å². The summed E-state index contributed by atoms with van der Waals surface area (Å²) in [7, 11) is 1.61. The molecule has 6 nitrogen and oxygen atoms in total. The van der Waals surface area contributed by atoms with Crippen LogP contribution < -0.4 is 4.74 Å². The minimum absolute atomic E-state index is 0.0468. The molecule has 2 heterocycles. The van der Waals surface area contributed by atoms with Gasteiger partial charge in [-0.25, -0.2) is 9.79 Å². The van der Waals surface area contributed by atoms with Crippen LogP contribution in [0.15, 0.2) is 77.3 Å². The van der Waals surface area contributed by atoms with Crippen LogP contribution in [0.25, 0.3) is 16.5 Å². The standard InChI is InChI=1S/C29H28N2O4S/c1-4-11-22-27(32)31-26(23-20-15-10-9-12-18(20)16-17-21(23)34-3)24(28(33)35-5-2)25(30-29(31)36-22)19-13-7-6-8-14-19/h6-10,12-17,22,26H,4-5,11H2,1-3H3/t22-,26+/m1/s1. The molecule has 3 aromatic rings. The lowest BCUT2D eigenvalue weighted by atomic mass is 9.88. The van der Waals surface area contributed by atoms with Crippen molar-refractivity contribution >= 4 is 45.3 Å². The second-order valence-electron chi connectivity index (χ2n) is 8.65. The monoisotopic (exact) mass is 500 g/mol. The molecule has 1 amide bonds. The highest BCUT2D eigenvalue weighted by Gasteiger charge is 2.49. The summed E-state index contributed by atoms with van der Waals surface area (Å²) in [5, 5.41) is 2.25. The fourth-order valence-electron chi connectivity index (χ4n) is 4.90. The molecule has 1 saturated heterocycles. The number of ether oxygens (including phenoxy) is 2. The van der Waals surface area contributed by atoms with Crippen LogP contribution in [0.2, 0.25) is 0 Å². The Labute approximate surface area is 215 Å². The van der Waals surface area contributed by atoms with E-state index < -0.39 is 12.0 Å². The van der Waals surface area contributed by atoms with E-state index in [2.05, 4.69) is 6.92 Å². The van der Waals surface area contributed by atoms with Crippen LogP contribution in [0, 0.1) is 0 Å². The molecule has 2 aliphatic rings. The normalized spacial score (nSPS) is 19.4. The number of amides is 1. The maximum absolute atomic E-state index is 13.8.